The number of phenolic OH excluding ortho intramolecular Hbond substituents is 2. The lowest BCUT2D eigenvalue weighted by Crippen LogP contribution is -2.12. The van der Waals surface area contributed by atoms with Gasteiger partial charge in [0.15, 0.2) is 23.0 Å². The van der Waals surface area contributed by atoms with Crippen LogP contribution in [-0.2, 0) is 0 Å². The van der Waals surface area contributed by atoms with E-state index in [0.717, 1.165) is 0 Å². The maximum Gasteiger partial charge on any atom is 0.347 e. The second kappa shape index (κ2) is 18.7. The Labute approximate surface area is 343 Å². The Morgan fingerprint density at radius 1 is 0.450 bits per heavy atom. The zero-order chi connectivity index (χ0) is 42.8. The van der Waals surface area contributed by atoms with Crippen molar-refractivity contribution < 1.29 is 62.5 Å². The van der Waals surface area contributed by atoms with E-state index in [2.05, 4.69) is 17.2 Å². The lowest BCUT2D eigenvalue weighted by atomic mass is 10.1. The lowest BCUT2D eigenvalue weighted by Gasteiger charge is -2.11. The first kappa shape index (κ1) is 41.2. The number of carbonyl (C=O) groups excluding carboxylic acids is 4. The first-order valence-corrected chi connectivity index (χ1v) is 17.8. The summed E-state index contributed by atoms with van der Waals surface area (Å²) < 4.78 is 36.8. The van der Waals surface area contributed by atoms with Crippen LogP contribution in [-0.4, -0.2) is 62.5 Å². The summed E-state index contributed by atoms with van der Waals surface area (Å²) in [5.74, 6) is 4.26. The molecule has 0 fully saturated rings. The molecule has 0 saturated heterocycles. The molecule has 0 aliphatic carbocycles. The molecule has 0 atom stereocenters. The lowest BCUT2D eigenvalue weighted by molar-refractivity contribution is 0.0719. The number of hydrogen-bond acceptors (Lipinski definition) is 13. The van der Waals surface area contributed by atoms with Gasteiger partial charge in [0, 0.05) is 46.6 Å². The number of esters is 3. The van der Waals surface area contributed by atoms with Gasteiger partial charge in [-0.2, -0.15) is 0 Å². The summed E-state index contributed by atoms with van der Waals surface area (Å²) in [6.45, 7) is 0. The van der Waals surface area contributed by atoms with Crippen LogP contribution >= 0.6 is 0 Å². The third-order valence-electron chi connectivity index (χ3n) is 8.63. The Balaban J connectivity index is 0.981. The van der Waals surface area contributed by atoms with Crippen molar-refractivity contribution in [1.82, 2.24) is 0 Å². The summed E-state index contributed by atoms with van der Waals surface area (Å²) in [6.07, 6.45) is 0. The van der Waals surface area contributed by atoms with Gasteiger partial charge in [0.25, 0.3) is 5.91 Å². The summed E-state index contributed by atoms with van der Waals surface area (Å²) in [5.41, 5.74) is 2.14. The molecule has 14 heteroatoms. The third kappa shape index (κ3) is 9.92. The van der Waals surface area contributed by atoms with Crippen LogP contribution in [0.4, 0.5) is 5.69 Å². The van der Waals surface area contributed by atoms with Crippen LogP contribution in [0.15, 0.2) is 121 Å². The number of amides is 1. The van der Waals surface area contributed by atoms with Gasteiger partial charge in [0.1, 0.15) is 39.9 Å². The molecule has 0 aromatic heterocycles. The predicted molar refractivity (Wildman–Crippen MR) is 217 cm³/mol. The molecule has 6 rings (SSSR count). The van der Waals surface area contributed by atoms with Gasteiger partial charge in [0.2, 0.25) is 0 Å². The second-order valence-electron chi connectivity index (χ2n) is 12.5. The molecule has 0 aliphatic heterocycles. The van der Waals surface area contributed by atoms with E-state index in [4.69, 9.17) is 33.2 Å². The second-order valence-corrected chi connectivity index (χ2v) is 12.5. The number of aromatic hydroxyl groups is 2. The number of nitrogens with one attached hydrogen (secondary N) is 1. The summed E-state index contributed by atoms with van der Waals surface area (Å²) in [6, 6.07) is 30.2. The fraction of sp³-hybridized carbons (Fsp3) is 0.0870. The van der Waals surface area contributed by atoms with E-state index < -0.39 is 23.8 Å². The van der Waals surface area contributed by atoms with Crippen molar-refractivity contribution >= 4 is 29.5 Å². The van der Waals surface area contributed by atoms with E-state index >= 15 is 0 Å². The molecular formula is C46H35NO13. The van der Waals surface area contributed by atoms with Crippen LogP contribution in [0, 0.1) is 11.8 Å². The van der Waals surface area contributed by atoms with Crippen LogP contribution in [0.25, 0.3) is 0 Å². The minimum Gasteiger partial charge on any atom is -0.507 e. The molecule has 0 radical (unpaired) electrons. The van der Waals surface area contributed by atoms with Gasteiger partial charge >= 0.3 is 17.9 Å². The Morgan fingerprint density at radius 3 is 1.22 bits per heavy atom. The number of benzene rings is 6. The van der Waals surface area contributed by atoms with Crippen molar-refractivity contribution in [1.29, 1.82) is 0 Å². The topological polar surface area (TPSA) is 185 Å². The molecule has 0 unspecified atom stereocenters. The number of hydrogen-bond donors (Lipinski definition) is 3. The zero-order valence-corrected chi connectivity index (χ0v) is 32.4. The third-order valence-corrected chi connectivity index (χ3v) is 8.63. The van der Waals surface area contributed by atoms with Crippen LogP contribution in [0.5, 0.6) is 51.7 Å². The van der Waals surface area contributed by atoms with E-state index in [1.54, 1.807) is 48.5 Å². The minimum atomic E-state index is -0.838. The zero-order valence-electron chi connectivity index (χ0n) is 32.4. The number of anilines is 1. The van der Waals surface area contributed by atoms with Gasteiger partial charge in [0.05, 0.1) is 34.0 Å². The Hall–Kier alpha value is -8.44. The molecule has 1 amide bonds. The van der Waals surface area contributed by atoms with Gasteiger partial charge in [-0.3, -0.25) is 4.79 Å². The monoisotopic (exact) mass is 809 g/mol. The average molecular weight is 810 g/mol. The van der Waals surface area contributed by atoms with E-state index in [0.29, 0.717) is 22.4 Å². The highest BCUT2D eigenvalue weighted by Gasteiger charge is 2.21. The molecule has 60 heavy (non-hydrogen) atoms. The fourth-order valence-corrected chi connectivity index (χ4v) is 5.48. The number of rotatable bonds is 12. The molecule has 0 spiro atoms. The summed E-state index contributed by atoms with van der Waals surface area (Å²) in [5, 5.41) is 23.3. The molecule has 0 aliphatic rings. The summed E-state index contributed by atoms with van der Waals surface area (Å²) >= 11 is 0. The van der Waals surface area contributed by atoms with Gasteiger partial charge in [-0.25, -0.2) is 14.4 Å². The van der Waals surface area contributed by atoms with Crippen molar-refractivity contribution in [3.8, 4) is 63.6 Å². The Kier molecular flexibility index (Phi) is 12.8. The molecule has 0 saturated carbocycles. The molecule has 6 aromatic carbocycles. The maximum absolute atomic E-state index is 12.9. The van der Waals surface area contributed by atoms with E-state index in [1.165, 1.54) is 101 Å². The molecule has 302 valence electrons. The smallest absolute Gasteiger partial charge is 0.347 e. The van der Waals surface area contributed by atoms with Crippen molar-refractivity contribution in [2.24, 2.45) is 0 Å². The van der Waals surface area contributed by atoms with Crippen molar-refractivity contribution in [2.75, 3.05) is 33.8 Å². The van der Waals surface area contributed by atoms with Crippen LogP contribution in [0.1, 0.15) is 52.6 Å². The van der Waals surface area contributed by atoms with Gasteiger partial charge < -0.3 is 48.7 Å². The van der Waals surface area contributed by atoms with Crippen LogP contribution < -0.4 is 38.5 Å². The standard InChI is InChI=1S/C46H35NO13/c1-54-39-23-35(37(48)25-41(39)56-3)45(52)59-33-19-11-29(12-20-33)43(50)47-31-15-7-27(8-16-31)5-6-28-9-17-32(18-10-28)58-44(51)30-13-21-34(22-14-30)60-46(53)36-24-40(55-2)42(57-4)26-38(36)49/h7-26,48-49H,1-4H3,(H,47,50). The predicted octanol–water partition coefficient (Wildman–Crippen LogP) is 7.44. The average Bonchev–Trinajstić information content (AvgIpc) is 3.26. The molecule has 0 bridgehead atoms. The van der Waals surface area contributed by atoms with Crippen LogP contribution in [0.3, 0.4) is 0 Å². The van der Waals surface area contributed by atoms with Gasteiger partial charge in [-0.15, -0.1) is 0 Å². The molecule has 6 aromatic rings. The first-order chi connectivity index (χ1) is 29.0. The molecule has 14 nitrogen and oxygen atoms in total. The quantitative estimate of drug-likeness (QED) is 0.0630. The summed E-state index contributed by atoms with van der Waals surface area (Å²) in [7, 11) is 5.60. The van der Waals surface area contributed by atoms with Crippen molar-refractivity contribution in [2.45, 2.75) is 0 Å². The number of phenols is 2. The van der Waals surface area contributed by atoms with Crippen LogP contribution in [0.2, 0.25) is 0 Å². The molecule has 3 N–H and O–H groups in total. The molecular weight excluding hydrogens is 774 g/mol. The SMILES string of the molecule is COc1cc(O)c(C(=O)Oc2ccc(C(=O)Nc3ccc(C#Cc4ccc(OC(=O)c5ccc(OC(=O)c6cc(OC)c(OC)cc6O)cc5)cc4)cc3)cc2)cc1OC. The number of carbonyl (C=O) groups is 4. The Bertz CT molecular complexity index is 2430. The minimum absolute atomic E-state index is 0.123. The van der Waals surface area contributed by atoms with Gasteiger partial charge in [-0.1, -0.05) is 11.8 Å². The number of methoxy groups -OCH3 is 4. The largest absolute Gasteiger partial charge is 0.507 e. The first-order valence-electron chi connectivity index (χ1n) is 17.8. The molecule has 0 heterocycles. The van der Waals surface area contributed by atoms with E-state index in [-0.39, 0.29) is 68.4 Å². The fourth-order valence-electron chi connectivity index (χ4n) is 5.48. The van der Waals surface area contributed by atoms with Crippen molar-refractivity contribution in [3.63, 3.8) is 0 Å². The summed E-state index contributed by atoms with van der Waals surface area (Å²) in [4.78, 5) is 51.0. The normalized spacial score (nSPS) is 10.3. The number of ether oxygens (including phenoxy) is 7. The highest BCUT2D eigenvalue weighted by atomic mass is 16.5. The Morgan fingerprint density at radius 2 is 0.800 bits per heavy atom. The van der Waals surface area contributed by atoms with Crippen molar-refractivity contribution in [3.05, 3.63) is 155 Å². The van der Waals surface area contributed by atoms with Gasteiger partial charge in [-0.05, 0) is 97.1 Å². The highest BCUT2D eigenvalue weighted by molar-refractivity contribution is 6.04. The maximum atomic E-state index is 12.9. The van der Waals surface area contributed by atoms with E-state index in [1.807, 2.05) is 0 Å². The van der Waals surface area contributed by atoms with E-state index in [9.17, 15) is 29.4 Å². The highest BCUT2D eigenvalue weighted by Crippen LogP contribution is 2.36.